The lowest BCUT2D eigenvalue weighted by Crippen LogP contribution is -2.17. The first-order chi connectivity index (χ1) is 12.9. The second-order valence-electron chi connectivity index (χ2n) is 6.72. The molecule has 26 heavy (non-hydrogen) atoms. The molecule has 3 aromatic rings. The summed E-state index contributed by atoms with van der Waals surface area (Å²) >= 11 is 0. The van der Waals surface area contributed by atoms with Crippen molar-refractivity contribution in [1.82, 2.24) is 9.99 Å². The zero-order valence-electron chi connectivity index (χ0n) is 14.9. The summed E-state index contributed by atoms with van der Waals surface area (Å²) in [5.41, 5.74) is 6.79. The fraction of sp³-hybridized carbons (Fsp3) is 0.273. The molecule has 0 radical (unpaired) electrons. The van der Waals surface area contributed by atoms with E-state index in [0.717, 1.165) is 30.9 Å². The number of aromatic nitrogens is 1. The second-order valence-corrected chi connectivity index (χ2v) is 6.72. The van der Waals surface area contributed by atoms with Gasteiger partial charge < -0.3 is 4.57 Å². The third-order valence-electron chi connectivity index (χ3n) is 4.79. The molecule has 4 heteroatoms. The van der Waals surface area contributed by atoms with Gasteiger partial charge in [-0.05, 0) is 24.5 Å². The van der Waals surface area contributed by atoms with Crippen LogP contribution in [0, 0.1) is 0 Å². The van der Waals surface area contributed by atoms with E-state index < -0.39 is 0 Å². The first kappa shape index (κ1) is 16.6. The van der Waals surface area contributed by atoms with E-state index in [1.54, 1.807) is 0 Å². The Hall–Kier alpha value is -2.88. The van der Waals surface area contributed by atoms with Gasteiger partial charge in [-0.15, -0.1) is 0 Å². The smallest absolute Gasteiger partial charge is 0.117 e. The van der Waals surface area contributed by atoms with Gasteiger partial charge in [-0.2, -0.15) is 5.10 Å². The first-order valence-electron chi connectivity index (χ1n) is 9.34. The molecule has 2 aromatic carbocycles. The molecule has 0 bridgehead atoms. The fourth-order valence-electron chi connectivity index (χ4n) is 3.43. The van der Waals surface area contributed by atoms with Crippen molar-refractivity contribution < 1.29 is 0 Å². The van der Waals surface area contributed by atoms with Gasteiger partial charge in [0.2, 0.25) is 0 Å². The summed E-state index contributed by atoms with van der Waals surface area (Å²) in [6, 6.07) is 19.0. The van der Waals surface area contributed by atoms with E-state index in [0.29, 0.717) is 0 Å². The molecule has 132 valence electrons. The van der Waals surface area contributed by atoms with Crippen molar-refractivity contribution in [2.45, 2.75) is 32.2 Å². The lowest BCUT2D eigenvalue weighted by Gasteiger charge is -2.05. The predicted octanol–water partition coefficient (Wildman–Crippen LogP) is 4.59. The topological polar surface area (TPSA) is 41.7 Å². The van der Waals surface area contributed by atoms with Crippen LogP contribution in [0.1, 0.15) is 36.8 Å². The standard InChI is InChI=1S/C22H24N4/c1-3-9-18(10-4-1)16-26-17-19(20-11-6-7-12-21(20)26)15-24-25-22-13-5-2-8-14-23-22/h1,3-4,6-7,9-12,15,17H,2,5,8,13-14,16H2,(H,23,25)/b24-15-. The van der Waals surface area contributed by atoms with E-state index in [1.165, 1.54) is 35.7 Å². The van der Waals surface area contributed by atoms with Crippen LogP contribution in [0.3, 0.4) is 0 Å². The molecule has 1 N–H and O–H groups in total. The van der Waals surface area contributed by atoms with E-state index in [-0.39, 0.29) is 0 Å². The first-order valence-corrected chi connectivity index (χ1v) is 9.34. The Morgan fingerprint density at radius 3 is 2.77 bits per heavy atom. The van der Waals surface area contributed by atoms with Crippen molar-refractivity contribution in [3.63, 3.8) is 0 Å². The molecular weight excluding hydrogens is 320 g/mol. The van der Waals surface area contributed by atoms with Crippen molar-refractivity contribution in [2.75, 3.05) is 6.54 Å². The third-order valence-corrected chi connectivity index (χ3v) is 4.79. The molecule has 0 amide bonds. The van der Waals surface area contributed by atoms with Gasteiger partial charge >= 0.3 is 0 Å². The highest BCUT2D eigenvalue weighted by Crippen LogP contribution is 2.21. The van der Waals surface area contributed by atoms with Gasteiger partial charge in [-0.1, -0.05) is 55.0 Å². The number of fused-ring (bicyclic) bond motifs is 1. The Morgan fingerprint density at radius 1 is 1.00 bits per heavy atom. The number of hydrogen-bond acceptors (Lipinski definition) is 3. The lowest BCUT2D eigenvalue weighted by atomic mass is 10.2. The van der Waals surface area contributed by atoms with Crippen molar-refractivity contribution in [1.29, 1.82) is 0 Å². The summed E-state index contributed by atoms with van der Waals surface area (Å²) in [5, 5.41) is 5.68. The molecule has 0 atom stereocenters. The number of hydrogen-bond donors (Lipinski definition) is 1. The van der Waals surface area contributed by atoms with Crippen LogP contribution in [-0.2, 0) is 6.54 Å². The van der Waals surface area contributed by atoms with Crippen LogP contribution < -0.4 is 5.43 Å². The average molecular weight is 344 g/mol. The highest BCUT2D eigenvalue weighted by molar-refractivity contribution is 5.99. The molecule has 1 aliphatic rings. The highest BCUT2D eigenvalue weighted by Gasteiger charge is 2.07. The minimum absolute atomic E-state index is 0.856. The van der Waals surface area contributed by atoms with Crippen LogP contribution >= 0.6 is 0 Å². The number of aliphatic imine (C=N–C) groups is 1. The minimum Gasteiger partial charge on any atom is -0.342 e. The summed E-state index contributed by atoms with van der Waals surface area (Å²) in [5.74, 6) is 1.01. The molecular formula is C22H24N4. The monoisotopic (exact) mass is 344 g/mol. The van der Waals surface area contributed by atoms with E-state index in [1.807, 2.05) is 6.21 Å². The molecule has 0 aliphatic carbocycles. The van der Waals surface area contributed by atoms with Gasteiger partial charge in [0, 0.05) is 42.2 Å². The third kappa shape index (κ3) is 3.85. The Balaban J connectivity index is 1.57. The largest absolute Gasteiger partial charge is 0.342 e. The Kier molecular flexibility index (Phi) is 5.10. The van der Waals surface area contributed by atoms with Crippen LogP contribution in [-0.4, -0.2) is 23.2 Å². The molecule has 0 spiro atoms. The zero-order chi connectivity index (χ0) is 17.6. The summed E-state index contributed by atoms with van der Waals surface area (Å²) in [6.07, 6.45) is 8.72. The van der Waals surface area contributed by atoms with Gasteiger partial charge in [0.25, 0.3) is 0 Å². The number of benzene rings is 2. The fourth-order valence-corrected chi connectivity index (χ4v) is 3.43. The second kappa shape index (κ2) is 8.00. The molecule has 2 heterocycles. The number of hydrazone groups is 1. The van der Waals surface area contributed by atoms with E-state index in [2.05, 4.69) is 80.9 Å². The van der Waals surface area contributed by atoms with E-state index in [4.69, 9.17) is 0 Å². The number of rotatable bonds is 4. The quantitative estimate of drug-likeness (QED) is 0.546. The van der Waals surface area contributed by atoms with Gasteiger partial charge in [-0.25, -0.2) is 0 Å². The summed E-state index contributed by atoms with van der Waals surface area (Å²) in [7, 11) is 0. The predicted molar refractivity (Wildman–Crippen MR) is 109 cm³/mol. The maximum Gasteiger partial charge on any atom is 0.117 e. The molecule has 0 saturated carbocycles. The van der Waals surface area contributed by atoms with Crippen molar-refractivity contribution in [2.24, 2.45) is 10.1 Å². The van der Waals surface area contributed by atoms with E-state index >= 15 is 0 Å². The summed E-state index contributed by atoms with van der Waals surface area (Å²) in [4.78, 5) is 4.56. The Morgan fingerprint density at radius 2 is 1.85 bits per heavy atom. The number of nitrogens with one attached hydrogen (secondary N) is 1. The van der Waals surface area contributed by atoms with Gasteiger partial charge in [0.15, 0.2) is 0 Å². The molecule has 0 saturated heterocycles. The normalized spacial score (nSPS) is 15.2. The van der Waals surface area contributed by atoms with Crippen LogP contribution in [0.25, 0.3) is 10.9 Å². The maximum atomic E-state index is 4.56. The summed E-state index contributed by atoms with van der Waals surface area (Å²) in [6.45, 7) is 1.77. The lowest BCUT2D eigenvalue weighted by molar-refractivity contribution is 0.729. The maximum absolute atomic E-state index is 4.56. The van der Waals surface area contributed by atoms with E-state index in [9.17, 15) is 0 Å². The minimum atomic E-state index is 0.856. The molecule has 1 aromatic heterocycles. The summed E-state index contributed by atoms with van der Waals surface area (Å²) < 4.78 is 2.29. The number of para-hydroxylation sites is 1. The Labute approximate surface area is 154 Å². The van der Waals surface area contributed by atoms with Crippen LogP contribution in [0.5, 0.6) is 0 Å². The van der Waals surface area contributed by atoms with Crippen LogP contribution in [0.15, 0.2) is 70.9 Å². The highest BCUT2D eigenvalue weighted by atomic mass is 15.3. The van der Waals surface area contributed by atoms with Crippen molar-refractivity contribution >= 4 is 23.0 Å². The molecule has 4 nitrogen and oxygen atoms in total. The SMILES string of the molecule is C(=N/NC1=NCCCCC1)/c1cn(Cc2ccccc2)c2ccccc12. The van der Waals surface area contributed by atoms with Gasteiger partial charge in [0.05, 0.1) is 6.21 Å². The average Bonchev–Trinajstić information content (AvgIpc) is 2.84. The van der Waals surface area contributed by atoms with Crippen molar-refractivity contribution in [3.8, 4) is 0 Å². The van der Waals surface area contributed by atoms with Crippen LogP contribution in [0.4, 0.5) is 0 Å². The number of amidine groups is 1. The zero-order valence-corrected chi connectivity index (χ0v) is 14.9. The molecule has 4 rings (SSSR count). The van der Waals surface area contributed by atoms with Gasteiger partial charge in [0.1, 0.15) is 5.84 Å². The molecule has 0 unspecified atom stereocenters. The van der Waals surface area contributed by atoms with Gasteiger partial charge in [-0.3, -0.25) is 10.4 Å². The van der Waals surface area contributed by atoms with Crippen LogP contribution in [0.2, 0.25) is 0 Å². The van der Waals surface area contributed by atoms with Crippen molar-refractivity contribution in [3.05, 3.63) is 71.9 Å². The molecule has 0 fully saturated rings. The molecule has 1 aliphatic heterocycles. The Bertz CT molecular complexity index is 922. The number of nitrogens with zero attached hydrogens (tertiary/aromatic N) is 3.